The van der Waals surface area contributed by atoms with E-state index in [4.69, 9.17) is 9.47 Å². The zero-order valence-corrected chi connectivity index (χ0v) is 55.3. The van der Waals surface area contributed by atoms with Crippen molar-refractivity contribution in [1.29, 1.82) is 0 Å². The Labute approximate surface area is 507 Å². The molecule has 6 heteroatoms. The van der Waals surface area contributed by atoms with Crippen LogP contribution in [0.1, 0.15) is 187 Å². The summed E-state index contributed by atoms with van der Waals surface area (Å²) in [5, 5.41) is 30.8. The van der Waals surface area contributed by atoms with Crippen LogP contribution >= 0.6 is 0 Å². The van der Waals surface area contributed by atoms with E-state index >= 15 is 0 Å². The van der Waals surface area contributed by atoms with E-state index in [0.29, 0.717) is 19.6 Å². The summed E-state index contributed by atoms with van der Waals surface area (Å²) in [7, 11) is 0. The lowest BCUT2D eigenvalue weighted by atomic mass is 9.84. The number of aromatic hydroxyl groups is 2. The summed E-state index contributed by atoms with van der Waals surface area (Å²) >= 11 is 0. The van der Waals surface area contributed by atoms with E-state index in [-0.39, 0.29) is 44.0 Å². The molecule has 0 fully saturated rings. The number of rotatable bonds is 10. The molecule has 0 aliphatic carbocycles. The lowest BCUT2D eigenvalue weighted by molar-refractivity contribution is 0.247. The van der Waals surface area contributed by atoms with Crippen LogP contribution in [0, 0.1) is 27.7 Å². The predicted octanol–water partition coefficient (Wildman–Crippen LogP) is 21.5. The second-order valence-corrected chi connectivity index (χ2v) is 30.8. The van der Waals surface area contributed by atoms with Gasteiger partial charge in [-0.25, -0.2) is 0 Å². The number of nitrogens with zero attached hydrogens (tertiary/aromatic N) is 2. The highest BCUT2D eigenvalue weighted by molar-refractivity contribution is 6.11. The van der Waals surface area contributed by atoms with Gasteiger partial charge >= 0.3 is 0 Å². The normalized spacial score (nSPS) is 13.1. The van der Waals surface area contributed by atoms with E-state index in [9.17, 15) is 10.2 Å². The van der Waals surface area contributed by atoms with Gasteiger partial charge in [-0.15, -0.1) is 0 Å². The largest absolute Gasteiger partial charge is 0.505 e. The van der Waals surface area contributed by atoms with Crippen molar-refractivity contribution in [2.24, 2.45) is 0 Å². The van der Waals surface area contributed by atoms with Crippen LogP contribution in [0.4, 0.5) is 0 Å². The van der Waals surface area contributed by atoms with Crippen LogP contribution in [0.5, 0.6) is 23.0 Å². The summed E-state index contributed by atoms with van der Waals surface area (Å²) in [6, 6.07) is 44.8. The van der Waals surface area contributed by atoms with Crippen LogP contribution < -0.4 is 9.47 Å². The second kappa shape index (κ2) is 21.2. The summed E-state index contributed by atoms with van der Waals surface area (Å²) in [5.41, 5.74) is 19.4. The van der Waals surface area contributed by atoms with Crippen molar-refractivity contribution in [1.82, 2.24) is 9.13 Å². The molecule has 0 aliphatic heterocycles. The molecule has 0 saturated carbocycles. The molecule has 10 aromatic rings. The topological polar surface area (TPSA) is 68.8 Å². The fourth-order valence-corrected chi connectivity index (χ4v) is 12.4. The van der Waals surface area contributed by atoms with Crippen LogP contribution in [-0.2, 0) is 32.5 Å². The van der Waals surface area contributed by atoms with Crippen LogP contribution in [0.3, 0.4) is 0 Å². The van der Waals surface area contributed by atoms with E-state index in [0.717, 1.165) is 122 Å². The maximum absolute atomic E-state index is 13.1. The Balaban J connectivity index is 1.04. The molecule has 6 nitrogen and oxygen atoms in total. The van der Waals surface area contributed by atoms with Gasteiger partial charge in [0.05, 0.1) is 46.7 Å². The monoisotopic (exact) mass is 1130 g/mol. The Kier molecular flexibility index (Phi) is 15.1. The minimum atomic E-state index is -0.253. The maximum atomic E-state index is 13.1. The molecule has 444 valence electrons. The minimum absolute atomic E-state index is 0.0844. The van der Waals surface area contributed by atoms with Crippen molar-refractivity contribution in [3.63, 3.8) is 0 Å². The molecule has 2 N–H and O–H groups in total. The molecule has 85 heavy (non-hydrogen) atoms. The number of aryl methyl sites for hydroxylation is 4. The summed E-state index contributed by atoms with van der Waals surface area (Å²) in [4.78, 5) is 0. The Morgan fingerprint density at radius 3 is 0.847 bits per heavy atom. The van der Waals surface area contributed by atoms with Gasteiger partial charge in [-0.1, -0.05) is 185 Å². The van der Waals surface area contributed by atoms with Gasteiger partial charge in [0.2, 0.25) is 0 Å². The number of hydrogen-bond acceptors (Lipinski definition) is 4. The number of aromatic nitrogens is 2. The van der Waals surface area contributed by atoms with E-state index in [2.05, 4.69) is 283 Å². The van der Waals surface area contributed by atoms with Crippen LogP contribution in [0.2, 0.25) is 0 Å². The standard InChI is InChI=1S/C79H94N2O4/c1-46-34-48(3)72(62(36-46)60-38-54(78(17,18)19)44-68(70(60)82)80-64-40-50(74(5,6)7)24-28-56(64)57-29-25-51(41-65(57)80)75(8,9)10)84-32-23-33-85-73-49(4)35-47(2)37-63(73)61-39-55(79(20,21)22)45-69(71(61)83)81-66-42-52(76(11,12)13)26-30-58(66)59-31-27-53(43-67(59)81)77(14,15)16/h24-31,34-45,82-83H,23,32-33H2,1-22H3. The molecule has 2 aromatic heterocycles. The Morgan fingerprint density at radius 1 is 0.318 bits per heavy atom. The van der Waals surface area contributed by atoms with Crippen LogP contribution in [0.25, 0.3) is 77.2 Å². The van der Waals surface area contributed by atoms with Gasteiger partial charge in [0.25, 0.3) is 0 Å². The number of phenols is 2. The van der Waals surface area contributed by atoms with E-state index in [1.165, 1.54) is 22.3 Å². The molecule has 2 heterocycles. The summed E-state index contributed by atoms with van der Waals surface area (Å²) in [6.07, 6.45) is 0.583. The predicted molar refractivity (Wildman–Crippen MR) is 363 cm³/mol. The van der Waals surface area contributed by atoms with Crippen molar-refractivity contribution in [3.8, 4) is 56.6 Å². The summed E-state index contributed by atoms with van der Waals surface area (Å²) in [6.45, 7) is 49.7. The first kappa shape index (κ1) is 60.7. The van der Waals surface area contributed by atoms with Crippen LogP contribution in [-0.4, -0.2) is 32.6 Å². The van der Waals surface area contributed by atoms with Crippen LogP contribution in [0.15, 0.2) is 121 Å². The maximum Gasteiger partial charge on any atom is 0.147 e. The summed E-state index contributed by atoms with van der Waals surface area (Å²) < 4.78 is 18.5. The molecular weight excluding hydrogens is 1040 g/mol. The molecule has 8 aromatic carbocycles. The fraction of sp³-hybridized carbons (Fsp3) is 0.392. The van der Waals surface area contributed by atoms with Gasteiger partial charge in [-0.3, -0.25) is 0 Å². The molecule has 0 unspecified atom stereocenters. The number of ether oxygens (including phenoxy) is 2. The SMILES string of the molecule is Cc1cc(C)c(OCCCOc2c(C)cc(C)cc2-c2cc(C(C)(C)C)cc(-n3c4cc(C(C)(C)C)ccc4c4ccc(C(C)(C)C)cc43)c2O)c(-c2cc(C(C)(C)C)cc(-n3c4cc(C(C)(C)C)ccc4c4ccc(C(C)(C)C)cc43)c2O)c1. The molecule has 0 bridgehead atoms. The lowest BCUT2D eigenvalue weighted by Crippen LogP contribution is -2.13. The zero-order valence-electron chi connectivity index (χ0n) is 55.3. The van der Waals surface area contributed by atoms with Gasteiger partial charge in [-0.2, -0.15) is 0 Å². The van der Waals surface area contributed by atoms with Gasteiger partial charge in [0.1, 0.15) is 23.0 Å². The molecule has 0 amide bonds. The Bertz CT molecular complexity index is 3850. The van der Waals surface area contributed by atoms with E-state index in [1.54, 1.807) is 0 Å². The number of phenolic OH excluding ortho intramolecular Hbond substituents is 2. The number of benzene rings is 8. The molecule has 0 atom stereocenters. The highest BCUT2D eigenvalue weighted by Crippen LogP contribution is 2.50. The minimum Gasteiger partial charge on any atom is -0.505 e. The third kappa shape index (κ3) is 11.5. The lowest BCUT2D eigenvalue weighted by Gasteiger charge is -2.25. The first-order valence-electron chi connectivity index (χ1n) is 30.8. The zero-order chi connectivity index (χ0) is 62.0. The summed E-state index contributed by atoms with van der Waals surface area (Å²) in [5.74, 6) is 1.89. The van der Waals surface area contributed by atoms with Gasteiger partial charge in [0, 0.05) is 50.2 Å². The third-order valence-corrected chi connectivity index (χ3v) is 17.6. The van der Waals surface area contributed by atoms with Gasteiger partial charge in [0.15, 0.2) is 0 Å². The highest BCUT2D eigenvalue weighted by atomic mass is 16.5. The van der Waals surface area contributed by atoms with E-state index < -0.39 is 0 Å². The average molecular weight is 1140 g/mol. The molecule has 0 spiro atoms. The van der Waals surface area contributed by atoms with Crippen molar-refractivity contribution >= 4 is 43.6 Å². The second-order valence-electron chi connectivity index (χ2n) is 30.8. The Hall–Kier alpha value is -7.44. The van der Waals surface area contributed by atoms with Gasteiger partial charge in [-0.05, 0) is 176 Å². The van der Waals surface area contributed by atoms with Crippen molar-refractivity contribution in [3.05, 3.63) is 177 Å². The molecule has 10 rings (SSSR count). The molecule has 0 radical (unpaired) electrons. The fourth-order valence-electron chi connectivity index (χ4n) is 12.4. The highest BCUT2D eigenvalue weighted by Gasteiger charge is 2.30. The smallest absolute Gasteiger partial charge is 0.147 e. The van der Waals surface area contributed by atoms with Crippen molar-refractivity contribution < 1.29 is 19.7 Å². The average Bonchev–Trinajstić information content (AvgIpc) is 2.04. The number of fused-ring (bicyclic) bond motifs is 6. The van der Waals surface area contributed by atoms with Crippen molar-refractivity contribution in [2.45, 2.75) is 191 Å². The molecular formula is C79H94N2O4. The number of hydrogen-bond donors (Lipinski definition) is 2. The first-order valence-corrected chi connectivity index (χ1v) is 30.8. The van der Waals surface area contributed by atoms with E-state index in [1.807, 2.05) is 0 Å². The van der Waals surface area contributed by atoms with Crippen molar-refractivity contribution in [2.75, 3.05) is 13.2 Å². The quantitative estimate of drug-likeness (QED) is 0.134. The Morgan fingerprint density at radius 2 is 0.588 bits per heavy atom. The first-order chi connectivity index (χ1) is 39.4. The third-order valence-electron chi connectivity index (χ3n) is 17.6. The molecule has 0 saturated heterocycles. The van der Waals surface area contributed by atoms with Gasteiger partial charge < -0.3 is 28.8 Å². The molecule has 0 aliphatic rings.